The molecule has 1 fully saturated rings. The Bertz CT molecular complexity index is 897. The number of nitrogens with zero attached hydrogens (tertiary/aromatic N) is 3. The normalized spacial score (nSPS) is 19.4. The maximum Gasteiger partial charge on any atom is 0.332 e. The third-order valence-electron chi connectivity index (χ3n) is 5.19. The first kappa shape index (κ1) is 17.3. The van der Waals surface area contributed by atoms with Gasteiger partial charge in [0.15, 0.2) is 0 Å². The predicted molar refractivity (Wildman–Crippen MR) is 103 cm³/mol. The van der Waals surface area contributed by atoms with Crippen molar-refractivity contribution in [1.29, 1.82) is 0 Å². The molecule has 1 saturated heterocycles. The Labute approximate surface area is 158 Å². The van der Waals surface area contributed by atoms with Gasteiger partial charge in [0.1, 0.15) is 12.6 Å². The summed E-state index contributed by atoms with van der Waals surface area (Å²) in [6.07, 6.45) is 1.80. The molecule has 2 heterocycles. The molecule has 2 aromatic rings. The van der Waals surface area contributed by atoms with Crippen molar-refractivity contribution in [3.63, 3.8) is 0 Å². The monoisotopic (exact) mass is 363 g/mol. The molecule has 0 saturated carbocycles. The third kappa shape index (κ3) is 2.97. The van der Waals surface area contributed by atoms with Crippen LogP contribution in [0.25, 0.3) is 0 Å². The quantitative estimate of drug-likeness (QED) is 0.788. The molecular formula is C21H21N3O3. The summed E-state index contributed by atoms with van der Waals surface area (Å²) in [6.45, 7) is 2.05. The zero-order valence-electron chi connectivity index (χ0n) is 15.2. The van der Waals surface area contributed by atoms with E-state index in [2.05, 4.69) is 0 Å². The van der Waals surface area contributed by atoms with E-state index in [1.807, 2.05) is 42.5 Å². The molecule has 0 N–H and O–H groups in total. The van der Waals surface area contributed by atoms with Crippen molar-refractivity contribution in [2.45, 2.75) is 25.8 Å². The van der Waals surface area contributed by atoms with Gasteiger partial charge in [-0.05, 0) is 43.5 Å². The van der Waals surface area contributed by atoms with Gasteiger partial charge >= 0.3 is 6.03 Å². The summed E-state index contributed by atoms with van der Waals surface area (Å²) in [5.74, 6) is -0.576. The van der Waals surface area contributed by atoms with Crippen LogP contribution in [0.2, 0.25) is 0 Å². The fourth-order valence-electron chi connectivity index (χ4n) is 3.81. The number of urea groups is 1. The van der Waals surface area contributed by atoms with Crippen molar-refractivity contribution in [2.24, 2.45) is 0 Å². The number of carbonyl (C=O) groups excluding carboxylic acids is 3. The van der Waals surface area contributed by atoms with E-state index in [-0.39, 0.29) is 18.4 Å². The van der Waals surface area contributed by atoms with Crippen molar-refractivity contribution in [3.8, 4) is 0 Å². The van der Waals surface area contributed by atoms with E-state index in [0.29, 0.717) is 12.2 Å². The Morgan fingerprint density at radius 1 is 1.04 bits per heavy atom. The molecule has 0 aliphatic carbocycles. The first-order chi connectivity index (χ1) is 13.1. The number of aryl methyl sites for hydroxylation is 1. The van der Waals surface area contributed by atoms with Crippen LogP contribution in [0, 0.1) is 0 Å². The summed E-state index contributed by atoms with van der Waals surface area (Å²) >= 11 is 0. The van der Waals surface area contributed by atoms with Crippen molar-refractivity contribution in [3.05, 3.63) is 60.2 Å². The summed E-state index contributed by atoms with van der Waals surface area (Å²) in [7, 11) is 0. The molecule has 4 amide bonds. The van der Waals surface area contributed by atoms with Gasteiger partial charge in [0.25, 0.3) is 5.91 Å². The summed E-state index contributed by atoms with van der Waals surface area (Å²) in [5.41, 5.74) is 2.65. The van der Waals surface area contributed by atoms with Crippen LogP contribution in [-0.4, -0.2) is 41.9 Å². The highest BCUT2D eigenvalue weighted by Gasteiger charge is 2.44. The molecule has 2 aliphatic heterocycles. The number of hydrogen-bond acceptors (Lipinski definition) is 3. The average molecular weight is 363 g/mol. The number of fused-ring (bicyclic) bond motifs is 1. The largest absolute Gasteiger partial charge is 0.332 e. The highest BCUT2D eigenvalue weighted by Crippen LogP contribution is 2.28. The molecule has 1 atom stereocenters. The lowest BCUT2D eigenvalue weighted by Gasteiger charge is -2.30. The number of amides is 4. The van der Waals surface area contributed by atoms with E-state index in [9.17, 15) is 14.4 Å². The molecule has 0 bridgehead atoms. The second-order valence-electron chi connectivity index (χ2n) is 6.87. The van der Waals surface area contributed by atoms with Crippen LogP contribution in [-0.2, 0) is 16.0 Å². The summed E-state index contributed by atoms with van der Waals surface area (Å²) in [5, 5.41) is 0. The standard InChI is InChI=1S/C21H21N3O3/c1-15-20(26)23(21(27)24(15)17-10-3-2-4-11-17)14-19(25)22-13-7-9-16-8-5-6-12-18(16)22/h2-6,8,10-12,15H,7,9,13-14H2,1H3. The molecule has 138 valence electrons. The molecule has 0 spiro atoms. The van der Waals surface area contributed by atoms with E-state index in [1.54, 1.807) is 24.0 Å². The molecule has 2 aromatic carbocycles. The summed E-state index contributed by atoms with van der Waals surface area (Å²) < 4.78 is 0. The van der Waals surface area contributed by atoms with Crippen molar-refractivity contribution >= 4 is 29.2 Å². The van der Waals surface area contributed by atoms with Crippen molar-refractivity contribution in [2.75, 3.05) is 22.9 Å². The van der Waals surface area contributed by atoms with Gasteiger partial charge in [-0.25, -0.2) is 4.79 Å². The van der Waals surface area contributed by atoms with Gasteiger partial charge in [-0.1, -0.05) is 36.4 Å². The molecule has 1 unspecified atom stereocenters. The zero-order chi connectivity index (χ0) is 19.0. The van der Waals surface area contributed by atoms with E-state index in [1.165, 1.54) is 4.90 Å². The molecule has 6 heteroatoms. The van der Waals surface area contributed by atoms with Crippen LogP contribution in [0.3, 0.4) is 0 Å². The van der Waals surface area contributed by atoms with Gasteiger partial charge in [0, 0.05) is 17.9 Å². The minimum atomic E-state index is -0.624. The maximum atomic E-state index is 12.9. The van der Waals surface area contributed by atoms with Crippen LogP contribution in [0.5, 0.6) is 0 Å². The topological polar surface area (TPSA) is 60.9 Å². The summed E-state index contributed by atoms with van der Waals surface area (Å²) in [4.78, 5) is 42.6. The number of carbonyl (C=O) groups is 3. The first-order valence-corrected chi connectivity index (χ1v) is 9.16. The molecule has 2 aliphatic rings. The van der Waals surface area contributed by atoms with E-state index in [4.69, 9.17) is 0 Å². The maximum absolute atomic E-state index is 12.9. The van der Waals surface area contributed by atoms with Crippen LogP contribution >= 0.6 is 0 Å². The number of para-hydroxylation sites is 2. The lowest BCUT2D eigenvalue weighted by molar-refractivity contribution is -0.131. The molecule has 6 nitrogen and oxygen atoms in total. The molecule has 0 radical (unpaired) electrons. The number of benzene rings is 2. The van der Waals surface area contributed by atoms with E-state index >= 15 is 0 Å². The van der Waals surface area contributed by atoms with Gasteiger partial charge in [0.05, 0.1) is 0 Å². The van der Waals surface area contributed by atoms with Gasteiger partial charge in [-0.15, -0.1) is 0 Å². The van der Waals surface area contributed by atoms with Gasteiger partial charge in [-0.3, -0.25) is 19.4 Å². The molecular weight excluding hydrogens is 342 g/mol. The van der Waals surface area contributed by atoms with E-state index in [0.717, 1.165) is 29.0 Å². The Morgan fingerprint density at radius 3 is 2.52 bits per heavy atom. The number of anilines is 2. The lowest BCUT2D eigenvalue weighted by Crippen LogP contribution is -2.45. The Morgan fingerprint density at radius 2 is 1.74 bits per heavy atom. The second kappa shape index (κ2) is 6.87. The number of rotatable bonds is 3. The summed E-state index contributed by atoms with van der Waals surface area (Å²) in [6, 6.07) is 15.8. The molecule has 4 rings (SSSR count). The Hall–Kier alpha value is -3.15. The molecule has 27 heavy (non-hydrogen) atoms. The smallest absolute Gasteiger partial charge is 0.311 e. The minimum Gasteiger partial charge on any atom is -0.311 e. The SMILES string of the molecule is CC1C(=O)N(CC(=O)N2CCCc3ccccc32)C(=O)N1c1ccccc1. The highest BCUT2D eigenvalue weighted by molar-refractivity contribution is 6.16. The van der Waals surface area contributed by atoms with Gasteiger partial charge < -0.3 is 4.90 Å². The number of hydrogen-bond donors (Lipinski definition) is 0. The van der Waals surface area contributed by atoms with Crippen molar-refractivity contribution < 1.29 is 14.4 Å². The van der Waals surface area contributed by atoms with Crippen LogP contribution in [0.15, 0.2) is 54.6 Å². The van der Waals surface area contributed by atoms with Gasteiger partial charge in [-0.2, -0.15) is 0 Å². The van der Waals surface area contributed by atoms with Crippen LogP contribution < -0.4 is 9.80 Å². The fourth-order valence-corrected chi connectivity index (χ4v) is 3.81. The average Bonchev–Trinajstić information content (AvgIpc) is 2.91. The first-order valence-electron chi connectivity index (χ1n) is 9.16. The van der Waals surface area contributed by atoms with E-state index < -0.39 is 12.1 Å². The highest BCUT2D eigenvalue weighted by atomic mass is 16.2. The second-order valence-corrected chi connectivity index (χ2v) is 6.87. The van der Waals surface area contributed by atoms with Crippen LogP contribution in [0.4, 0.5) is 16.2 Å². The van der Waals surface area contributed by atoms with Crippen molar-refractivity contribution in [1.82, 2.24) is 4.90 Å². The Kier molecular flexibility index (Phi) is 4.39. The fraction of sp³-hybridized carbons (Fsp3) is 0.286. The third-order valence-corrected chi connectivity index (χ3v) is 5.19. The minimum absolute atomic E-state index is 0.231. The molecule has 0 aromatic heterocycles. The predicted octanol–water partition coefficient (Wildman–Crippen LogP) is 2.82. The van der Waals surface area contributed by atoms with Crippen LogP contribution in [0.1, 0.15) is 18.9 Å². The zero-order valence-corrected chi connectivity index (χ0v) is 15.2. The number of imide groups is 1. The van der Waals surface area contributed by atoms with Gasteiger partial charge in [0.2, 0.25) is 5.91 Å². The Balaban J connectivity index is 1.55. The lowest BCUT2D eigenvalue weighted by atomic mass is 10.0.